The number of carboxylic acid groups (broad SMARTS) is 1. The maximum atomic E-state index is 14.5. The largest absolute Gasteiger partial charge is 0.478 e. The Labute approximate surface area is 177 Å². The van der Waals surface area contributed by atoms with Gasteiger partial charge in [-0.05, 0) is 30.7 Å². The number of aryl methyl sites for hydroxylation is 1. The lowest BCUT2D eigenvalue weighted by Gasteiger charge is -2.30. The van der Waals surface area contributed by atoms with Crippen LogP contribution in [-0.4, -0.2) is 28.3 Å². The third-order valence-corrected chi connectivity index (χ3v) is 5.90. The average molecular weight is 433 g/mol. The van der Waals surface area contributed by atoms with E-state index in [-0.39, 0.29) is 16.9 Å². The lowest BCUT2D eigenvalue weighted by Crippen LogP contribution is -2.27. The first-order valence-corrected chi connectivity index (χ1v) is 10.5. The molecule has 0 radical (unpaired) electrons. The van der Waals surface area contributed by atoms with Gasteiger partial charge in [0, 0.05) is 30.8 Å². The molecule has 0 spiro atoms. The van der Waals surface area contributed by atoms with Gasteiger partial charge in [-0.2, -0.15) is 0 Å². The maximum Gasteiger partial charge on any atom is 0.338 e. The minimum absolute atomic E-state index is 0.0225. The second-order valence-electron chi connectivity index (χ2n) is 7.11. The van der Waals surface area contributed by atoms with Gasteiger partial charge in [0.1, 0.15) is 5.82 Å². The van der Waals surface area contributed by atoms with E-state index in [0.717, 1.165) is 47.2 Å². The smallest absolute Gasteiger partial charge is 0.338 e. The van der Waals surface area contributed by atoms with Crippen LogP contribution in [0, 0.1) is 12.7 Å². The number of alkyl halides is 2. The fourth-order valence-electron chi connectivity index (χ4n) is 3.24. The predicted molar refractivity (Wildman–Crippen MR) is 113 cm³/mol. The highest BCUT2D eigenvalue weighted by atomic mass is 32.2. The van der Waals surface area contributed by atoms with E-state index in [1.807, 2.05) is 36.1 Å². The van der Waals surface area contributed by atoms with Crippen molar-refractivity contribution < 1.29 is 23.1 Å². The summed E-state index contributed by atoms with van der Waals surface area (Å²) in [5.41, 5.74) is 1.96. The first-order valence-electron chi connectivity index (χ1n) is 9.47. The molecule has 0 unspecified atom stereocenters. The summed E-state index contributed by atoms with van der Waals surface area (Å²) in [4.78, 5) is 13.6. The number of hydrogen-bond acceptors (Lipinski definition) is 3. The molecule has 2 aromatic rings. The minimum atomic E-state index is -3.13. The number of aliphatic carboxylic acids is 1. The molecule has 0 amide bonds. The van der Waals surface area contributed by atoms with Crippen molar-refractivity contribution in [2.75, 3.05) is 12.3 Å². The Morgan fingerprint density at radius 3 is 2.60 bits per heavy atom. The topological polar surface area (TPSA) is 40.5 Å². The normalized spacial score (nSPS) is 14.3. The molecule has 3 rings (SSSR count). The monoisotopic (exact) mass is 433 g/mol. The van der Waals surface area contributed by atoms with E-state index in [0.29, 0.717) is 18.1 Å². The highest BCUT2D eigenvalue weighted by molar-refractivity contribution is 8.03. The first-order chi connectivity index (χ1) is 14.3. The molecule has 7 heteroatoms. The Kier molecular flexibility index (Phi) is 6.92. The lowest BCUT2D eigenvalue weighted by atomic mass is 10.1. The molecule has 0 aromatic heterocycles. The van der Waals surface area contributed by atoms with Crippen molar-refractivity contribution in [3.05, 3.63) is 93.8 Å². The van der Waals surface area contributed by atoms with Gasteiger partial charge in [0.25, 0.3) is 5.92 Å². The summed E-state index contributed by atoms with van der Waals surface area (Å²) in [6.07, 6.45) is 2.80. The fourth-order valence-corrected chi connectivity index (χ4v) is 4.42. The van der Waals surface area contributed by atoms with Crippen LogP contribution in [-0.2, 0) is 17.3 Å². The Hall–Kier alpha value is -2.67. The third-order valence-electron chi connectivity index (χ3n) is 4.74. The van der Waals surface area contributed by atoms with Crippen LogP contribution in [0.15, 0.2) is 71.3 Å². The molecule has 3 nitrogen and oxygen atoms in total. The quantitative estimate of drug-likeness (QED) is 0.578. The Balaban J connectivity index is 1.74. The van der Waals surface area contributed by atoms with Crippen LogP contribution in [0.4, 0.5) is 13.2 Å². The van der Waals surface area contributed by atoms with Gasteiger partial charge in [-0.1, -0.05) is 48.0 Å². The van der Waals surface area contributed by atoms with Crippen molar-refractivity contribution in [3.8, 4) is 0 Å². The molecule has 0 bridgehead atoms. The summed E-state index contributed by atoms with van der Waals surface area (Å²) in [6, 6.07) is 12.1. The van der Waals surface area contributed by atoms with Crippen LogP contribution >= 0.6 is 11.8 Å². The molecule has 0 atom stereocenters. The van der Waals surface area contributed by atoms with Crippen molar-refractivity contribution >= 4 is 17.7 Å². The number of rotatable bonds is 8. The van der Waals surface area contributed by atoms with Crippen LogP contribution in [0.1, 0.15) is 23.1 Å². The second-order valence-corrected chi connectivity index (χ2v) is 8.19. The van der Waals surface area contributed by atoms with Crippen molar-refractivity contribution in [1.82, 2.24) is 4.90 Å². The van der Waals surface area contributed by atoms with E-state index in [1.165, 1.54) is 6.08 Å². The van der Waals surface area contributed by atoms with Crippen LogP contribution < -0.4 is 0 Å². The minimum Gasteiger partial charge on any atom is -0.478 e. The zero-order valence-electron chi connectivity index (χ0n) is 16.4. The number of thioether (sulfide) groups is 1. The molecule has 1 heterocycles. The summed E-state index contributed by atoms with van der Waals surface area (Å²) in [5, 5.41) is 10.0. The molecule has 0 saturated heterocycles. The van der Waals surface area contributed by atoms with Crippen LogP contribution in [0.2, 0.25) is 0 Å². The molecular weight excluding hydrogens is 411 g/mol. The Bertz CT molecular complexity index is 971. The third kappa shape index (κ3) is 5.48. The van der Waals surface area contributed by atoms with Gasteiger partial charge in [0.05, 0.1) is 10.6 Å². The molecule has 1 aliphatic rings. The number of benzene rings is 2. The van der Waals surface area contributed by atoms with Gasteiger partial charge in [-0.3, -0.25) is 0 Å². The van der Waals surface area contributed by atoms with E-state index in [4.69, 9.17) is 0 Å². The van der Waals surface area contributed by atoms with Gasteiger partial charge < -0.3 is 10.0 Å². The Morgan fingerprint density at radius 1 is 1.20 bits per heavy atom. The predicted octanol–water partition coefficient (Wildman–Crippen LogP) is 5.72. The van der Waals surface area contributed by atoms with Crippen molar-refractivity contribution in [2.45, 2.75) is 25.8 Å². The molecule has 1 N–H and O–H groups in total. The highest BCUT2D eigenvalue weighted by Crippen LogP contribution is 2.36. The van der Waals surface area contributed by atoms with Crippen molar-refractivity contribution in [2.24, 2.45) is 0 Å². The summed E-state index contributed by atoms with van der Waals surface area (Å²) in [6.45, 7) is 2.96. The maximum absolute atomic E-state index is 14.5. The number of carboxylic acids is 1. The molecule has 2 aromatic carbocycles. The zero-order chi connectivity index (χ0) is 21.7. The summed E-state index contributed by atoms with van der Waals surface area (Å²) < 4.78 is 42.0. The van der Waals surface area contributed by atoms with E-state index >= 15 is 0 Å². The van der Waals surface area contributed by atoms with Gasteiger partial charge >= 0.3 is 5.97 Å². The molecule has 0 saturated carbocycles. The van der Waals surface area contributed by atoms with Crippen LogP contribution in [0.5, 0.6) is 0 Å². The molecule has 158 valence electrons. The van der Waals surface area contributed by atoms with E-state index in [1.54, 1.807) is 6.08 Å². The van der Waals surface area contributed by atoms with Gasteiger partial charge in [-0.15, -0.1) is 11.8 Å². The van der Waals surface area contributed by atoms with Crippen LogP contribution in [0.25, 0.3) is 0 Å². The van der Waals surface area contributed by atoms with Crippen molar-refractivity contribution in [1.29, 1.82) is 0 Å². The summed E-state index contributed by atoms with van der Waals surface area (Å²) >= 11 is 1.11. The fraction of sp³-hybridized carbons (Fsp3) is 0.261. The molecule has 0 aliphatic carbocycles. The molecule has 1 aliphatic heterocycles. The molecule has 30 heavy (non-hydrogen) atoms. The Morgan fingerprint density at radius 2 is 1.93 bits per heavy atom. The number of hydrogen-bond donors (Lipinski definition) is 1. The number of nitrogens with zero attached hydrogens (tertiary/aromatic N) is 1. The first kappa shape index (κ1) is 22.0. The van der Waals surface area contributed by atoms with E-state index in [2.05, 4.69) is 0 Å². The van der Waals surface area contributed by atoms with Gasteiger partial charge in [0.15, 0.2) is 0 Å². The lowest BCUT2D eigenvalue weighted by molar-refractivity contribution is -0.132. The standard InChI is InChI=1S/C23H22F3NO2S/c1-16-4-2-5-17(14-16)15-27-12-3-6-20(22(28)29)21(27)30-13-11-23(25,26)18-7-9-19(24)10-8-18/h2-10,14H,11-13,15H2,1H3,(H,28,29). The van der Waals surface area contributed by atoms with Crippen LogP contribution in [0.3, 0.4) is 0 Å². The average Bonchev–Trinajstić information content (AvgIpc) is 2.69. The second kappa shape index (κ2) is 9.43. The van der Waals surface area contributed by atoms with Gasteiger partial charge in [-0.25, -0.2) is 18.0 Å². The number of carbonyl (C=O) groups is 1. The molecular formula is C23H22F3NO2S. The SMILES string of the molecule is Cc1cccc(CN2CC=CC(C(=O)O)=C2SCCC(F)(F)c2ccc(F)cc2)c1. The van der Waals surface area contributed by atoms with Crippen molar-refractivity contribution in [3.63, 3.8) is 0 Å². The van der Waals surface area contributed by atoms with Gasteiger partial charge in [0.2, 0.25) is 0 Å². The van der Waals surface area contributed by atoms with E-state index < -0.39 is 24.1 Å². The zero-order valence-corrected chi connectivity index (χ0v) is 17.3. The molecule has 0 fully saturated rings. The summed E-state index contributed by atoms with van der Waals surface area (Å²) in [5.74, 6) is -4.76. The highest BCUT2D eigenvalue weighted by Gasteiger charge is 2.32. The number of halogens is 3. The summed E-state index contributed by atoms with van der Waals surface area (Å²) in [7, 11) is 0. The van der Waals surface area contributed by atoms with E-state index in [9.17, 15) is 23.1 Å².